The van der Waals surface area contributed by atoms with Crippen LogP contribution in [0.3, 0.4) is 0 Å². The molecular formula is C31H30O8. The van der Waals surface area contributed by atoms with Gasteiger partial charge >= 0.3 is 11.3 Å². The zero-order chi connectivity index (χ0) is 27.7. The number of benzene rings is 2. The van der Waals surface area contributed by atoms with E-state index in [1.807, 2.05) is 12.1 Å². The summed E-state index contributed by atoms with van der Waals surface area (Å²) in [7, 11) is 6.27. The maximum absolute atomic E-state index is 12.3. The maximum atomic E-state index is 12.3. The molecule has 0 amide bonds. The molecule has 5 rings (SSSR count). The summed E-state index contributed by atoms with van der Waals surface area (Å²) in [5.41, 5.74) is 0.811. The smallest absolute Gasteiger partial charge is 0.336 e. The Morgan fingerprint density at radius 2 is 1.36 bits per heavy atom. The van der Waals surface area contributed by atoms with Gasteiger partial charge in [0, 0.05) is 35.7 Å². The van der Waals surface area contributed by atoms with E-state index in [4.69, 9.17) is 27.8 Å². The van der Waals surface area contributed by atoms with Gasteiger partial charge in [0.25, 0.3) is 0 Å². The van der Waals surface area contributed by atoms with Gasteiger partial charge < -0.3 is 27.8 Å². The van der Waals surface area contributed by atoms with Gasteiger partial charge in [0.1, 0.15) is 28.6 Å². The summed E-state index contributed by atoms with van der Waals surface area (Å²) >= 11 is 0. The molecule has 2 atom stereocenters. The van der Waals surface area contributed by atoms with Gasteiger partial charge in [0.15, 0.2) is 5.58 Å². The van der Waals surface area contributed by atoms with Gasteiger partial charge in [0.05, 0.1) is 44.8 Å². The number of hydrogen-bond donors (Lipinski definition) is 0. The fourth-order valence-corrected chi connectivity index (χ4v) is 5.41. The normalized spacial score (nSPS) is 19.1. The van der Waals surface area contributed by atoms with Gasteiger partial charge in [0.2, 0.25) is 0 Å². The molecule has 2 heterocycles. The Morgan fingerprint density at radius 3 is 1.97 bits per heavy atom. The molecule has 2 aromatic carbocycles. The van der Waals surface area contributed by atoms with Crippen molar-refractivity contribution in [2.24, 2.45) is 5.41 Å². The zero-order valence-corrected chi connectivity index (χ0v) is 22.5. The van der Waals surface area contributed by atoms with E-state index in [0.29, 0.717) is 50.5 Å². The van der Waals surface area contributed by atoms with Gasteiger partial charge in [-0.05, 0) is 30.4 Å². The largest absolute Gasteiger partial charge is 0.496 e. The van der Waals surface area contributed by atoms with Crippen LogP contribution >= 0.6 is 0 Å². The van der Waals surface area contributed by atoms with Crippen LogP contribution in [0.1, 0.15) is 36.8 Å². The van der Waals surface area contributed by atoms with Crippen molar-refractivity contribution in [1.29, 1.82) is 0 Å². The highest BCUT2D eigenvalue weighted by atomic mass is 16.5. The highest BCUT2D eigenvalue weighted by Gasteiger charge is 2.37. The van der Waals surface area contributed by atoms with Gasteiger partial charge in [-0.2, -0.15) is 0 Å². The lowest BCUT2D eigenvalue weighted by Gasteiger charge is -2.37. The first-order chi connectivity index (χ1) is 18.8. The van der Waals surface area contributed by atoms with Crippen molar-refractivity contribution in [2.45, 2.75) is 25.7 Å². The predicted octanol–water partition coefficient (Wildman–Crippen LogP) is 6.09. The van der Waals surface area contributed by atoms with E-state index in [-0.39, 0.29) is 5.92 Å². The minimum atomic E-state index is -0.471. The van der Waals surface area contributed by atoms with Crippen molar-refractivity contribution in [1.82, 2.24) is 0 Å². The van der Waals surface area contributed by atoms with Crippen LogP contribution in [0.5, 0.6) is 23.0 Å². The number of allylic oxidation sites excluding steroid dienone is 3. The lowest BCUT2D eigenvalue weighted by Crippen LogP contribution is -2.25. The fraction of sp³-hybridized carbons (Fsp3) is 0.290. The van der Waals surface area contributed by atoms with Crippen molar-refractivity contribution in [2.75, 3.05) is 28.4 Å². The van der Waals surface area contributed by atoms with Crippen molar-refractivity contribution in [3.8, 4) is 23.0 Å². The maximum Gasteiger partial charge on any atom is 0.336 e. The van der Waals surface area contributed by atoms with Crippen molar-refractivity contribution >= 4 is 28.0 Å². The molecule has 0 N–H and O–H groups in total. The third-order valence-electron chi connectivity index (χ3n) is 7.45. The van der Waals surface area contributed by atoms with Gasteiger partial charge in [-0.15, -0.1) is 0 Å². The van der Waals surface area contributed by atoms with Gasteiger partial charge in [-0.1, -0.05) is 31.2 Å². The summed E-state index contributed by atoms with van der Waals surface area (Å²) in [5.74, 6) is 1.95. The fourth-order valence-electron chi connectivity index (χ4n) is 5.41. The minimum absolute atomic E-state index is 0.209. The average molecular weight is 531 g/mol. The average Bonchev–Trinajstić information content (AvgIpc) is 2.94. The van der Waals surface area contributed by atoms with E-state index in [2.05, 4.69) is 25.2 Å². The summed E-state index contributed by atoms with van der Waals surface area (Å²) in [6.45, 7) is 2.14. The quantitative estimate of drug-likeness (QED) is 0.209. The predicted molar refractivity (Wildman–Crippen MR) is 149 cm³/mol. The van der Waals surface area contributed by atoms with Crippen molar-refractivity contribution in [3.63, 3.8) is 0 Å². The Morgan fingerprint density at radius 1 is 0.795 bits per heavy atom. The summed E-state index contributed by atoms with van der Waals surface area (Å²) < 4.78 is 33.9. The van der Waals surface area contributed by atoms with Crippen molar-refractivity contribution < 1.29 is 27.8 Å². The Labute approximate surface area is 225 Å². The molecule has 0 saturated heterocycles. The molecule has 1 aliphatic carbocycles. The van der Waals surface area contributed by atoms with Gasteiger partial charge in [-0.3, -0.25) is 0 Å². The van der Waals surface area contributed by atoms with Crippen LogP contribution in [0, 0.1) is 5.41 Å². The summed E-state index contributed by atoms with van der Waals surface area (Å²) in [5, 5.41) is 1.34. The molecule has 0 saturated carbocycles. The van der Waals surface area contributed by atoms with Crippen LogP contribution in [0.2, 0.25) is 0 Å². The van der Waals surface area contributed by atoms with E-state index < -0.39 is 16.7 Å². The highest BCUT2D eigenvalue weighted by molar-refractivity contribution is 5.93. The molecule has 2 aromatic heterocycles. The monoisotopic (exact) mass is 530 g/mol. The van der Waals surface area contributed by atoms with E-state index in [1.165, 1.54) is 12.1 Å². The van der Waals surface area contributed by atoms with E-state index in [1.54, 1.807) is 46.6 Å². The summed E-state index contributed by atoms with van der Waals surface area (Å²) in [6, 6.07) is 9.73. The number of hydrogen-bond acceptors (Lipinski definition) is 8. The molecule has 0 spiro atoms. The van der Waals surface area contributed by atoms with Crippen molar-refractivity contribution in [3.05, 3.63) is 86.6 Å². The molecule has 0 bridgehead atoms. The first kappa shape index (κ1) is 26.2. The second kappa shape index (κ2) is 10.4. The summed E-state index contributed by atoms with van der Waals surface area (Å²) in [6.07, 6.45) is 9.91. The topological polar surface area (TPSA) is 97.3 Å². The molecule has 202 valence electrons. The lowest BCUT2D eigenvalue weighted by atomic mass is 9.67. The second-order valence-electron chi connectivity index (χ2n) is 9.67. The van der Waals surface area contributed by atoms with E-state index in [9.17, 15) is 9.59 Å². The lowest BCUT2D eigenvalue weighted by molar-refractivity contribution is 0.325. The molecule has 0 unspecified atom stereocenters. The second-order valence-corrected chi connectivity index (χ2v) is 9.67. The van der Waals surface area contributed by atoms with Crippen LogP contribution in [0.4, 0.5) is 0 Å². The molecule has 0 radical (unpaired) electrons. The summed E-state index contributed by atoms with van der Waals surface area (Å²) in [4.78, 5) is 24.5. The molecule has 8 heteroatoms. The Bertz CT molecular complexity index is 1730. The Balaban J connectivity index is 1.72. The zero-order valence-electron chi connectivity index (χ0n) is 22.5. The number of rotatable bonds is 7. The third-order valence-corrected chi connectivity index (χ3v) is 7.45. The van der Waals surface area contributed by atoms with Crippen LogP contribution < -0.4 is 30.2 Å². The molecule has 4 aromatic rings. The standard InChI is InChI=1S/C31H30O8/c1-31(15-13-20-23(35-3)16-22(34-2)18-9-11-26(32)38-29(18)20)14-7-6-8-21(31)28-25(37-5)17-24(36-4)19-10-12-27(33)39-30(19)28/h6,8-13,15-17,21H,7,14H2,1-5H3/b15-13+/t21-,31+/m1/s1. The highest BCUT2D eigenvalue weighted by Crippen LogP contribution is 2.51. The van der Waals surface area contributed by atoms with E-state index >= 15 is 0 Å². The first-order valence-corrected chi connectivity index (χ1v) is 12.6. The molecule has 39 heavy (non-hydrogen) atoms. The number of ether oxygens (including phenoxy) is 4. The van der Waals surface area contributed by atoms with Crippen LogP contribution in [-0.4, -0.2) is 28.4 Å². The molecular weight excluding hydrogens is 500 g/mol. The SMILES string of the molecule is COc1cc(OC)c2ccc(=O)oc2c1/C=C/[C@]1(C)CCC=C[C@@H]1c1c(OC)cc(OC)c2ccc(=O)oc12. The van der Waals surface area contributed by atoms with Crippen LogP contribution in [0.15, 0.2) is 73.0 Å². The molecule has 0 fully saturated rings. The molecule has 0 aliphatic heterocycles. The molecule has 1 aliphatic rings. The van der Waals surface area contributed by atoms with Crippen LogP contribution in [0.25, 0.3) is 28.0 Å². The third kappa shape index (κ3) is 4.56. The van der Waals surface area contributed by atoms with E-state index in [0.717, 1.165) is 18.4 Å². The minimum Gasteiger partial charge on any atom is -0.496 e. The van der Waals surface area contributed by atoms with Gasteiger partial charge in [-0.25, -0.2) is 9.59 Å². The Kier molecular flexibility index (Phi) is 6.95. The first-order valence-electron chi connectivity index (χ1n) is 12.6. The van der Waals surface area contributed by atoms with Crippen LogP contribution in [-0.2, 0) is 0 Å². The molecule has 8 nitrogen and oxygen atoms in total. The number of methoxy groups -OCH3 is 4. The number of fused-ring (bicyclic) bond motifs is 2. The Hall–Kier alpha value is -4.46.